The van der Waals surface area contributed by atoms with Crippen LogP contribution in [0.2, 0.25) is 0 Å². The molecule has 1 saturated carbocycles. The molecule has 0 radical (unpaired) electrons. The van der Waals surface area contributed by atoms with Crippen LogP contribution in [0, 0.1) is 18.8 Å². The lowest BCUT2D eigenvalue weighted by molar-refractivity contribution is -0.134. The van der Waals surface area contributed by atoms with Crippen LogP contribution in [-0.4, -0.2) is 29.8 Å². The van der Waals surface area contributed by atoms with Gasteiger partial charge in [-0.05, 0) is 79.5 Å². The van der Waals surface area contributed by atoms with Crippen LogP contribution in [0.5, 0.6) is 5.75 Å². The van der Waals surface area contributed by atoms with E-state index in [1.165, 1.54) is 11.1 Å². The van der Waals surface area contributed by atoms with Gasteiger partial charge in [-0.15, -0.1) is 0 Å². The van der Waals surface area contributed by atoms with Crippen molar-refractivity contribution in [3.8, 4) is 5.75 Å². The van der Waals surface area contributed by atoms with Gasteiger partial charge < -0.3 is 19.4 Å². The standard InChI is InChI=1S/C31H36N2O4/c1-20(2)13-15-32-30(34)28-12-11-26(37-28)19-36-25-10-9-22-14-16-33(31(35)23-7-8-23)29(27(22)18-25)24-6-4-5-21(3)17-24/h4-6,9-12,17-18,20,23,29H,7-8,13-16,19H2,1-3H3,(H,32,34)/t29-/m1/s1. The molecule has 1 aliphatic heterocycles. The fourth-order valence-corrected chi connectivity index (χ4v) is 4.98. The molecule has 2 aliphatic rings. The Morgan fingerprint density at radius 2 is 1.95 bits per heavy atom. The SMILES string of the molecule is Cc1cccc([C@@H]2c3cc(OCc4ccc(C(=O)NCCC(C)C)o4)ccc3CCN2C(=O)C2CC2)c1. The van der Waals surface area contributed by atoms with E-state index in [4.69, 9.17) is 9.15 Å². The van der Waals surface area contributed by atoms with E-state index in [1.807, 2.05) is 6.07 Å². The number of carbonyl (C=O) groups is 2. The van der Waals surface area contributed by atoms with Crippen molar-refractivity contribution in [2.75, 3.05) is 13.1 Å². The van der Waals surface area contributed by atoms with E-state index in [-0.39, 0.29) is 30.4 Å². The Balaban J connectivity index is 1.32. The van der Waals surface area contributed by atoms with Gasteiger partial charge in [0.1, 0.15) is 18.1 Å². The first kappa shape index (κ1) is 25.1. The second kappa shape index (κ2) is 10.8. The number of aryl methyl sites for hydroxylation is 1. The molecule has 2 heterocycles. The van der Waals surface area contributed by atoms with Crippen molar-refractivity contribution in [1.29, 1.82) is 0 Å². The minimum absolute atomic E-state index is 0.120. The van der Waals surface area contributed by atoms with Crippen molar-refractivity contribution in [2.24, 2.45) is 11.8 Å². The molecule has 1 atom stereocenters. The summed E-state index contributed by atoms with van der Waals surface area (Å²) in [7, 11) is 0. The van der Waals surface area contributed by atoms with E-state index in [0.717, 1.165) is 49.1 Å². The number of nitrogens with one attached hydrogen (secondary N) is 1. The second-order valence-corrected chi connectivity index (χ2v) is 10.7. The van der Waals surface area contributed by atoms with Crippen molar-refractivity contribution in [1.82, 2.24) is 10.2 Å². The molecule has 194 valence electrons. The Hall–Kier alpha value is -3.54. The number of benzene rings is 2. The molecule has 1 fully saturated rings. The summed E-state index contributed by atoms with van der Waals surface area (Å²) in [6.07, 6.45) is 3.75. The zero-order valence-electron chi connectivity index (χ0n) is 22.0. The molecule has 0 bridgehead atoms. The molecule has 1 N–H and O–H groups in total. The number of furan rings is 1. The molecular weight excluding hydrogens is 464 g/mol. The van der Waals surface area contributed by atoms with Gasteiger partial charge in [0.15, 0.2) is 5.76 Å². The number of carbonyl (C=O) groups excluding carboxylic acids is 2. The fourth-order valence-electron chi connectivity index (χ4n) is 4.98. The van der Waals surface area contributed by atoms with E-state index in [0.29, 0.717) is 24.0 Å². The fraction of sp³-hybridized carbons (Fsp3) is 0.419. The lowest BCUT2D eigenvalue weighted by Gasteiger charge is -2.38. The summed E-state index contributed by atoms with van der Waals surface area (Å²) in [6.45, 7) is 7.91. The van der Waals surface area contributed by atoms with Crippen molar-refractivity contribution in [3.63, 3.8) is 0 Å². The van der Waals surface area contributed by atoms with Crippen LogP contribution in [0.25, 0.3) is 0 Å². The van der Waals surface area contributed by atoms with Crippen LogP contribution in [0.4, 0.5) is 0 Å². The van der Waals surface area contributed by atoms with Crippen molar-refractivity contribution >= 4 is 11.8 Å². The van der Waals surface area contributed by atoms with Gasteiger partial charge in [-0.3, -0.25) is 9.59 Å². The number of amides is 2. The quantitative estimate of drug-likeness (QED) is 0.401. The van der Waals surface area contributed by atoms with Gasteiger partial charge in [-0.2, -0.15) is 0 Å². The second-order valence-electron chi connectivity index (χ2n) is 10.7. The molecule has 37 heavy (non-hydrogen) atoms. The minimum Gasteiger partial charge on any atom is -0.486 e. The predicted molar refractivity (Wildman–Crippen MR) is 142 cm³/mol. The summed E-state index contributed by atoms with van der Waals surface area (Å²) in [5.41, 5.74) is 4.68. The number of fused-ring (bicyclic) bond motifs is 1. The largest absolute Gasteiger partial charge is 0.486 e. The van der Waals surface area contributed by atoms with Crippen LogP contribution in [0.1, 0.15) is 77.7 Å². The molecule has 2 aromatic carbocycles. The first-order valence-corrected chi connectivity index (χ1v) is 13.4. The topological polar surface area (TPSA) is 71.8 Å². The van der Waals surface area contributed by atoms with Crippen LogP contribution >= 0.6 is 0 Å². The minimum atomic E-state index is -0.206. The Bertz CT molecular complexity index is 1270. The molecule has 0 unspecified atom stereocenters. The Kier molecular flexibility index (Phi) is 7.36. The number of hydrogen-bond acceptors (Lipinski definition) is 4. The Morgan fingerprint density at radius 1 is 1.11 bits per heavy atom. The van der Waals surface area contributed by atoms with Crippen LogP contribution in [0.15, 0.2) is 59.0 Å². The monoisotopic (exact) mass is 500 g/mol. The first-order valence-electron chi connectivity index (χ1n) is 13.4. The third kappa shape index (κ3) is 5.90. The third-order valence-electron chi connectivity index (χ3n) is 7.19. The van der Waals surface area contributed by atoms with Gasteiger partial charge in [0.25, 0.3) is 5.91 Å². The van der Waals surface area contributed by atoms with Crippen LogP contribution in [-0.2, 0) is 17.8 Å². The van der Waals surface area contributed by atoms with E-state index in [2.05, 4.69) is 67.4 Å². The van der Waals surface area contributed by atoms with Gasteiger partial charge in [0.2, 0.25) is 5.91 Å². The zero-order valence-corrected chi connectivity index (χ0v) is 22.0. The normalized spacial score (nSPS) is 17.0. The molecule has 5 rings (SSSR count). The van der Waals surface area contributed by atoms with Gasteiger partial charge >= 0.3 is 0 Å². The van der Waals surface area contributed by atoms with E-state index < -0.39 is 0 Å². The maximum Gasteiger partial charge on any atom is 0.286 e. The summed E-state index contributed by atoms with van der Waals surface area (Å²) in [5, 5.41) is 2.90. The number of hydrogen-bond donors (Lipinski definition) is 1. The summed E-state index contributed by atoms with van der Waals surface area (Å²) < 4.78 is 11.8. The average Bonchev–Trinajstić information content (AvgIpc) is 3.63. The number of nitrogens with zero attached hydrogens (tertiary/aromatic N) is 1. The van der Waals surface area contributed by atoms with E-state index in [9.17, 15) is 9.59 Å². The molecule has 1 aliphatic carbocycles. The van der Waals surface area contributed by atoms with Crippen molar-refractivity contribution < 1.29 is 18.7 Å². The Labute approximate surface area is 219 Å². The van der Waals surface area contributed by atoms with E-state index in [1.54, 1.807) is 12.1 Å². The summed E-state index contributed by atoms with van der Waals surface area (Å²) in [5.74, 6) is 2.36. The summed E-state index contributed by atoms with van der Waals surface area (Å²) >= 11 is 0. The van der Waals surface area contributed by atoms with Crippen LogP contribution in [0.3, 0.4) is 0 Å². The van der Waals surface area contributed by atoms with E-state index >= 15 is 0 Å². The van der Waals surface area contributed by atoms with Gasteiger partial charge in [-0.1, -0.05) is 49.7 Å². The van der Waals surface area contributed by atoms with Gasteiger partial charge in [-0.25, -0.2) is 0 Å². The Morgan fingerprint density at radius 3 is 2.70 bits per heavy atom. The maximum atomic E-state index is 13.2. The van der Waals surface area contributed by atoms with Crippen LogP contribution < -0.4 is 10.1 Å². The molecular formula is C31H36N2O4. The van der Waals surface area contributed by atoms with Gasteiger partial charge in [0.05, 0.1) is 6.04 Å². The third-order valence-corrected chi connectivity index (χ3v) is 7.19. The van der Waals surface area contributed by atoms with Crippen molar-refractivity contribution in [2.45, 2.75) is 59.1 Å². The molecule has 1 aromatic heterocycles. The lowest BCUT2D eigenvalue weighted by atomic mass is 9.87. The predicted octanol–water partition coefficient (Wildman–Crippen LogP) is 5.83. The number of rotatable bonds is 9. The molecule has 0 spiro atoms. The first-order chi connectivity index (χ1) is 17.9. The summed E-state index contributed by atoms with van der Waals surface area (Å²) in [6, 6.07) is 17.9. The van der Waals surface area contributed by atoms with Crippen molar-refractivity contribution in [3.05, 3.63) is 88.4 Å². The molecule has 6 nitrogen and oxygen atoms in total. The van der Waals surface area contributed by atoms with Gasteiger partial charge in [0, 0.05) is 19.0 Å². The zero-order chi connectivity index (χ0) is 25.9. The highest BCUT2D eigenvalue weighted by Gasteiger charge is 2.39. The average molecular weight is 501 g/mol. The molecule has 0 saturated heterocycles. The smallest absolute Gasteiger partial charge is 0.286 e. The maximum absolute atomic E-state index is 13.2. The highest BCUT2D eigenvalue weighted by atomic mass is 16.5. The lowest BCUT2D eigenvalue weighted by Crippen LogP contribution is -2.41. The molecule has 2 amide bonds. The summed E-state index contributed by atoms with van der Waals surface area (Å²) in [4.78, 5) is 27.6. The number of ether oxygens (including phenoxy) is 1. The highest BCUT2D eigenvalue weighted by molar-refractivity contribution is 5.91. The highest BCUT2D eigenvalue weighted by Crippen LogP contribution is 2.41. The molecule has 6 heteroatoms. The molecule has 3 aromatic rings.